The molecule has 3 nitrogen and oxygen atoms in total. The Bertz CT molecular complexity index is 469. The largest absolute Gasteiger partial charge is 0.335 e. The summed E-state index contributed by atoms with van der Waals surface area (Å²) in [5.74, 6) is 0.289. The summed E-state index contributed by atoms with van der Waals surface area (Å²) < 4.78 is 0. The first kappa shape index (κ1) is 14.8. The number of hydrogen-bond donors (Lipinski definition) is 0. The van der Waals surface area contributed by atoms with Crippen LogP contribution in [0.15, 0.2) is 30.3 Å². The highest BCUT2D eigenvalue weighted by Gasteiger charge is 2.34. The lowest BCUT2D eigenvalue weighted by Crippen LogP contribution is -2.46. The molecule has 2 rings (SSSR count). The normalized spacial score (nSPS) is 22.3. The van der Waals surface area contributed by atoms with Crippen molar-refractivity contribution < 1.29 is 9.59 Å². The van der Waals surface area contributed by atoms with E-state index < -0.39 is 0 Å². The van der Waals surface area contributed by atoms with Crippen LogP contribution in [0.5, 0.6) is 0 Å². The summed E-state index contributed by atoms with van der Waals surface area (Å²) in [6.45, 7) is 3.86. The van der Waals surface area contributed by atoms with E-state index in [4.69, 9.17) is 0 Å². The fourth-order valence-electron chi connectivity index (χ4n) is 3.20. The molecule has 0 spiro atoms. The van der Waals surface area contributed by atoms with E-state index in [2.05, 4.69) is 0 Å². The van der Waals surface area contributed by atoms with Crippen LogP contribution in [0.4, 0.5) is 0 Å². The lowest BCUT2D eigenvalue weighted by molar-refractivity contribution is -0.136. The van der Waals surface area contributed by atoms with Crippen LogP contribution in [-0.4, -0.2) is 22.6 Å². The second kappa shape index (κ2) is 6.69. The van der Waals surface area contributed by atoms with Crippen LogP contribution in [0.25, 0.3) is 0 Å². The topological polar surface area (TPSA) is 37.4 Å². The predicted molar refractivity (Wildman–Crippen MR) is 79.1 cm³/mol. The highest BCUT2D eigenvalue weighted by molar-refractivity contribution is 5.81. The molecule has 0 aromatic heterocycles. The smallest absolute Gasteiger partial charge is 0.220 e. The van der Waals surface area contributed by atoms with E-state index in [0.717, 1.165) is 31.2 Å². The second-order valence-electron chi connectivity index (χ2n) is 5.70. The first-order valence-electron chi connectivity index (χ1n) is 7.41. The number of nitrogens with zero attached hydrogens (tertiary/aromatic N) is 1. The molecule has 0 unspecified atom stereocenters. The van der Waals surface area contributed by atoms with Gasteiger partial charge in [-0.05, 0) is 25.3 Å². The molecule has 0 aliphatic heterocycles. The van der Waals surface area contributed by atoms with Crippen molar-refractivity contribution >= 4 is 11.7 Å². The zero-order valence-corrected chi connectivity index (χ0v) is 12.3. The molecular weight excluding hydrogens is 250 g/mol. The number of carbonyl (C=O) groups is 2. The van der Waals surface area contributed by atoms with E-state index in [-0.39, 0.29) is 23.7 Å². The van der Waals surface area contributed by atoms with Gasteiger partial charge in [0.05, 0.1) is 0 Å². The third kappa shape index (κ3) is 3.47. The molecule has 3 heteroatoms. The van der Waals surface area contributed by atoms with E-state index in [0.29, 0.717) is 6.54 Å². The molecule has 108 valence electrons. The fourth-order valence-corrected chi connectivity index (χ4v) is 3.20. The third-order valence-corrected chi connectivity index (χ3v) is 4.25. The SMILES string of the molecule is CC(=O)[C@@H]1CCCC[C@@H]1N(Cc1ccccc1)C(C)=O. The van der Waals surface area contributed by atoms with E-state index in [1.807, 2.05) is 35.2 Å². The molecule has 1 aromatic carbocycles. The number of Topliss-reactive ketones (excluding diaryl/α,β-unsaturated/α-hetero) is 1. The van der Waals surface area contributed by atoms with Gasteiger partial charge in [-0.15, -0.1) is 0 Å². The van der Waals surface area contributed by atoms with Gasteiger partial charge in [-0.25, -0.2) is 0 Å². The van der Waals surface area contributed by atoms with Crippen LogP contribution < -0.4 is 0 Å². The van der Waals surface area contributed by atoms with Crippen molar-refractivity contribution in [1.82, 2.24) is 4.90 Å². The van der Waals surface area contributed by atoms with Crippen molar-refractivity contribution in [3.8, 4) is 0 Å². The van der Waals surface area contributed by atoms with Gasteiger partial charge in [0.2, 0.25) is 5.91 Å². The van der Waals surface area contributed by atoms with Gasteiger partial charge >= 0.3 is 0 Å². The van der Waals surface area contributed by atoms with Crippen LogP contribution in [0.3, 0.4) is 0 Å². The Morgan fingerprint density at radius 3 is 2.35 bits per heavy atom. The average molecular weight is 273 g/mol. The van der Waals surface area contributed by atoms with Crippen LogP contribution in [0, 0.1) is 5.92 Å². The van der Waals surface area contributed by atoms with Crippen LogP contribution in [-0.2, 0) is 16.1 Å². The minimum atomic E-state index is 0.0105. The molecule has 1 aromatic rings. The molecule has 2 atom stereocenters. The molecule has 20 heavy (non-hydrogen) atoms. The van der Waals surface area contributed by atoms with Gasteiger partial charge < -0.3 is 4.90 Å². The Kier molecular flexibility index (Phi) is 4.94. The molecule has 1 aliphatic rings. The monoisotopic (exact) mass is 273 g/mol. The Morgan fingerprint density at radius 1 is 1.10 bits per heavy atom. The van der Waals surface area contributed by atoms with E-state index in [1.54, 1.807) is 13.8 Å². The minimum absolute atomic E-state index is 0.0105. The molecule has 0 radical (unpaired) electrons. The lowest BCUT2D eigenvalue weighted by Gasteiger charge is -2.38. The van der Waals surface area contributed by atoms with Crippen molar-refractivity contribution in [3.05, 3.63) is 35.9 Å². The van der Waals surface area contributed by atoms with Crippen molar-refractivity contribution in [1.29, 1.82) is 0 Å². The van der Waals surface area contributed by atoms with Crippen LogP contribution in [0.2, 0.25) is 0 Å². The van der Waals surface area contributed by atoms with Gasteiger partial charge in [0.15, 0.2) is 0 Å². The molecule has 1 saturated carbocycles. The Labute approximate surface area is 121 Å². The maximum absolute atomic E-state index is 12.0. The maximum Gasteiger partial charge on any atom is 0.220 e. The first-order chi connectivity index (χ1) is 9.59. The summed E-state index contributed by atoms with van der Waals surface area (Å²) in [5.41, 5.74) is 1.12. The zero-order valence-electron chi connectivity index (χ0n) is 12.3. The average Bonchev–Trinajstić information content (AvgIpc) is 2.45. The number of hydrogen-bond acceptors (Lipinski definition) is 2. The quantitative estimate of drug-likeness (QED) is 0.845. The lowest BCUT2D eigenvalue weighted by atomic mass is 9.81. The standard InChI is InChI=1S/C17H23NO2/c1-13(19)16-10-6-7-11-17(16)18(14(2)20)12-15-8-4-3-5-9-15/h3-5,8-9,16-17H,6-7,10-12H2,1-2H3/t16-,17-/m0/s1. The summed E-state index contributed by atoms with van der Waals surface area (Å²) in [6.07, 6.45) is 4.06. The third-order valence-electron chi connectivity index (χ3n) is 4.25. The first-order valence-corrected chi connectivity index (χ1v) is 7.41. The summed E-state index contributed by atoms with van der Waals surface area (Å²) >= 11 is 0. The van der Waals surface area contributed by atoms with Crippen molar-refractivity contribution in [2.24, 2.45) is 5.92 Å². The van der Waals surface area contributed by atoms with E-state index in [1.165, 1.54) is 0 Å². The predicted octanol–water partition coefficient (Wildman–Crippen LogP) is 3.18. The minimum Gasteiger partial charge on any atom is -0.335 e. The summed E-state index contributed by atoms with van der Waals surface area (Å²) in [6, 6.07) is 10.1. The number of amides is 1. The summed E-state index contributed by atoms with van der Waals surface area (Å²) in [4.78, 5) is 25.8. The molecule has 0 saturated heterocycles. The van der Waals surface area contributed by atoms with Crippen LogP contribution >= 0.6 is 0 Å². The van der Waals surface area contributed by atoms with Gasteiger partial charge in [0.1, 0.15) is 5.78 Å². The number of benzene rings is 1. The molecule has 1 aliphatic carbocycles. The van der Waals surface area contributed by atoms with Crippen molar-refractivity contribution in [3.63, 3.8) is 0 Å². The van der Waals surface area contributed by atoms with Crippen LogP contribution in [0.1, 0.15) is 45.1 Å². The number of ketones is 1. The number of rotatable bonds is 4. The van der Waals surface area contributed by atoms with Gasteiger partial charge in [-0.1, -0.05) is 43.2 Å². The molecule has 0 N–H and O–H groups in total. The second-order valence-corrected chi connectivity index (χ2v) is 5.70. The summed E-state index contributed by atoms with van der Waals surface area (Å²) in [5, 5.41) is 0. The Hall–Kier alpha value is -1.64. The zero-order chi connectivity index (χ0) is 14.5. The number of carbonyl (C=O) groups excluding carboxylic acids is 2. The molecular formula is C17H23NO2. The van der Waals surface area contributed by atoms with Gasteiger partial charge in [0.25, 0.3) is 0 Å². The molecule has 1 fully saturated rings. The van der Waals surface area contributed by atoms with Crippen molar-refractivity contribution in [2.45, 2.75) is 52.1 Å². The van der Waals surface area contributed by atoms with E-state index in [9.17, 15) is 9.59 Å². The maximum atomic E-state index is 12.0. The molecule has 0 heterocycles. The highest BCUT2D eigenvalue weighted by atomic mass is 16.2. The Balaban J connectivity index is 2.18. The van der Waals surface area contributed by atoms with Crippen molar-refractivity contribution in [2.75, 3.05) is 0 Å². The fraction of sp³-hybridized carbons (Fsp3) is 0.529. The Morgan fingerprint density at radius 2 is 1.75 bits per heavy atom. The van der Waals surface area contributed by atoms with Gasteiger partial charge in [-0.2, -0.15) is 0 Å². The van der Waals surface area contributed by atoms with Gasteiger partial charge in [0, 0.05) is 25.4 Å². The van der Waals surface area contributed by atoms with Gasteiger partial charge in [-0.3, -0.25) is 9.59 Å². The summed E-state index contributed by atoms with van der Waals surface area (Å²) in [7, 11) is 0. The molecule has 1 amide bonds. The van der Waals surface area contributed by atoms with E-state index >= 15 is 0 Å². The highest BCUT2D eigenvalue weighted by Crippen LogP contribution is 2.30. The molecule has 0 bridgehead atoms.